The van der Waals surface area contributed by atoms with Crippen LogP contribution in [0.2, 0.25) is 0 Å². The Labute approximate surface area is 97.1 Å². The van der Waals surface area contributed by atoms with Gasteiger partial charge in [-0.1, -0.05) is 0 Å². The number of rotatable bonds is 1. The van der Waals surface area contributed by atoms with Crippen LogP contribution in [-0.2, 0) is 4.74 Å². The normalized spacial score (nSPS) is 33.6. The van der Waals surface area contributed by atoms with E-state index in [0.29, 0.717) is 12.0 Å². The molecule has 0 unspecified atom stereocenters. The summed E-state index contributed by atoms with van der Waals surface area (Å²) in [5, 5.41) is 6.41. The van der Waals surface area contributed by atoms with Crippen molar-refractivity contribution in [3.05, 3.63) is 0 Å². The van der Waals surface area contributed by atoms with Crippen molar-refractivity contribution >= 4 is 6.09 Å². The molecule has 1 heterocycles. The van der Waals surface area contributed by atoms with Crippen LogP contribution in [0.1, 0.15) is 33.6 Å². The van der Waals surface area contributed by atoms with Gasteiger partial charge in [0.2, 0.25) is 0 Å². The van der Waals surface area contributed by atoms with Gasteiger partial charge in [-0.2, -0.15) is 0 Å². The van der Waals surface area contributed by atoms with Crippen LogP contribution in [0, 0.1) is 11.8 Å². The number of amides is 1. The molecule has 92 valence electrons. The number of hydrogen-bond donors (Lipinski definition) is 2. The SMILES string of the molecule is CC(C)(C)OC(=O)N[C@H]1C[C@@H]2CNC[C@H]1C2. The van der Waals surface area contributed by atoms with Gasteiger partial charge in [0.15, 0.2) is 0 Å². The number of nitrogens with one attached hydrogen (secondary N) is 2. The molecule has 0 spiro atoms. The van der Waals surface area contributed by atoms with Crippen LogP contribution in [0.4, 0.5) is 4.79 Å². The van der Waals surface area contributed by atoms with Crippen molar-refractivity contribution in [2.24, 2.45) is 11.8 Å². The molecule has 4 heteroatoms. The Morgan fingerprint density at radius 3 is 2.69 bits per heavy atom. The fraction of sp³-hybridized carbons (Fsp3) is 0.917. The maximum atomic E-state index is 11.6. The van der Waals surface area contributed by atoms with E-state index in [1.165, 1.54) is 6.42 Å². The van der Waals surface area contributed by atoms with Gasteiger partial charge in [0, 0.05) is 6.04 Å². The van der Waals surface area contributed by atoms with Crippen molar-refractivity contribution < 1.29 is 9.53 Å². The molecule has 2 fully saturated rings. The van der Waals surface area contributed by atoms with Gasteiger partial charge in [-0.05, 0) is 58.5 Å². The second-order valence-electron chi connectivity index (χ2n) is 6.01. The molecule has 0 aromatic heterocycles. The Morgan fingerprint density at radius 1 is 1.31 bits per heavy atom. The van der Waals surface area contributed by atoms with E-state index in [1.807, 2.05) is 20.8 Å². The summed E-state index contributed by atoms with van der Waals surface area (Å²) in [6.45, 7) is 7.80. The highest BCUT2D eigenvalue weighted by Crippen LogP contribution is 2.33. The number of alkyl carbamates (subject to hydrolysis) is 1. The van der Waals surface area contributed by atoms with Crippen LogP contribution in [0.15, 0.2) is 0 Å². The van der Waals surface area contributed by atoms with E-state index in [4.69, 9.17) is 4.74 Å². The van der Waals surface area contributed by atoms with Gasteiger partial charge >= 0.3 is 6.09 Å². The average Bonchev–Trinajstić information content (AvgIpc) is 2.38. The number of hydrogen-bond acceptors (Lipinski definition) is 3. The highest BCUT2D eigenvalue weighted by molar-refractivity contribution is 5.68. The molecule has 1 amide bonds. The lowest BCUT2D eigenvalue weighted by Crippen LogP contribution is -2.43. The summed E-state index contributed by atoms with van der Waals surface area (Å²) in [6.07, 6.45) is 2.06. The number of carbonyl (C=O) groups is 1. The Bertz CT molecular complexity index is 273. The Balaban J connectivity index is 1.84. The zero-order chi connectivity index (χ0) is 11.8. The molecular formula is C12H22N2O2. The fourth-order valence-corrected chi connectivity index (χ4v) is 2.74. The van der Waals surface area contributed by atoms with Gasteiger partial charge in [0.05, 0.1) is 0 Å². The highest BCUT2D eigenvalue weighted by Gasteiger charge is 2.38. The molecule has 1 aliphatic carbocycles. The van der Waals surface area contributed by atoms with E-state index in [1.54, 1.807) is 0 Å². The van der Waals surface area contributed by atoms with Crippen LogP contribution in [0.3, 0.4) is 0 Å². The summed E-state index contributed by atoms with van der Waals surface area (Å²) in [7, 11) is 0. The summed E-state index contributed by atoms with van der Waals surface area (Å²) in [6, 6.07) is 0.301. The Morgan fingerprint density at radius 2 is 2.06 bits per heavy atom. The Kier molecular flexibility index (Phi) is 3.10. The quantitative estimate of drug-likeness (QED) is 0.712. The topological polar surface area (TPSA) is 50.4 Å². The van der Waals surface area contributed by atoms with Crippen LogP contribution in [0.5, 0.6) is 0 Å². The molecule has 0 aromatic carbocycles. The zero-order valence-corrected chi connectivity index (χ0v) is 10.4. The van der Waals surface area contributed by atoms with E-state index in [0.717, 1.165) is 25.4 Å². The minimum atomic E-state index is -0.407. The van der Waals surface area contributed by atoms with E-state index in [-0.39, 0.29) is 6.09 Å². The van der Waals surface area contributed by atoms with Gasteiger partial charge in [-0.15, -0.1) is 0 Å². The van der Waals surface area contributed by atoms with Crippen molar-refractivity contribution in [2.75, 3.05) is 13.1 Å². The first-order chi connectivity index (χ1) is 7.44. The molecule has 2 rings (SSSR count). The predicted molar refractivity (Wildman–Crippen MR) is 62.2 cm³/mol. The highest BCUT2D eigenvalue weighted by atomic mass is 16.6. The molecule has 2 bridgehead atoms. The molecule has 1 saturated carbocycles. The molecule has 2 N–H and O–H groups in total. The molecule has 0 aromatic rings. The molecule has 4 nitrogen and oxygen atoms in total. The summed E-state index contributed by atoms with van der Waals surface area (Å²) in [4.78, 5) is 11.6. The average molecular weight is 226 g/mol. The predicted octanol–water partition coefficient (Wildman–Crippen LogP) is 1.51. The molecule has 3 atom stereocenters. The first-order valence-corrected chi connectivity index (χ1v) is 6.14. The van der Waals surface area contributed by atoms with Gasteiger partial charge in [-0.25, -0.2) is 4.79 Å². The molecule has 1 saturated heterocycles. The lowest BCUT2D eigenvalue weighted by molar-refractivity contribution is 0.0494. The number of piperidine rings is 1. The fourth-order valence-electron chi connectivity index (χ4n) is 2.74. The van der Waals surface area contributed by atoms with E-state index in [2.05, 4.69) is 10.6 Å². The lowest BCUT2D eigenvalue weighted by Gasteiger charge is -2.25. The van der Waals surface area contributed by atoms with E-state index in [9.17, 15) is 4.79 Å². The maximum Gasteiger partial charge on any atom is 0.407 e. The molecule has 0 radical (unpaired) electrons. The number of ether oxygens (including phenoxy) is 1. The summed E-state index contributed by atoms with van der Waals surface area (Å²) < 4.78 is 5.28. The maximum absolute atomic E-state index is 11.6. The van der Waals surface area contributed by atoms with Crippen LogP contribution < -0.4 is 10.6 Å². The largest absolute Gasteiger partial charge is 0.444 e. The second kappa shape index (κ2) is 4.24. The second-order valence-corrected chi connectivity index (χ2v) is 6.01. The monoisotopic (exact) mass is 226 g/mol. The third kappa shape index (κ3) is 2.88. The van der Waals surface area contributed by atoms with Crippen molar-refractivity contribution in [3.8, 4) is 0 Å². The van der Waals surface area contributed by atoms with Crippen molar-refractivity contribution in [3.63, 3.8) is 0 Å². The smallest absolute Gasteiger partial charge is 0.407 e. The third-order valence-electron chi connectivity index (χ3n) is 3.33. The van der Waals surface area contributed by atoms with Gasteiger partial charge in [0.25, 0.3) is 0 Å². The van der Waals surface area contributed by atoms with Gasteiger partial charge in [0.1, 0.15) is 5.60 Å². The van der Waals surface area contributed by atoms with E-state index < -0.39 is 5.60 Å². The van der Waals surface area contributed by atoms with Crippen LogP contribution >= 0.6 is 0 Å². The van der Waals surface area contributed by atoms with Crippen molar-refractivity contribution in [1.82, 2.24) is 10.6 Å². The molecule has 2 aliphatic rings. The summed E-state index contributed by atoms with van der Waals surface area (Å²) in [5.41, 5.74) is -0.407. The van der Waals surface area contributed by atoms with Crippen LogP contribution in [-0.4, -0.2) is 30.8 Å². The van der Waals surface area contributed by atoms with Crippen LogP contribution in [0.25, 0.3) is 0 Å². The number of carbonyl (C=O) groups excluding carboxylic acids is 1. The van der Waals surface area contributed by atoms with E-state index >= 15 is 0 Å². The number of fused-ring (bicyclic) bond motifs is 2. The summed E-state index contributed by atoms with van der Waals surface area (Å²) in [5.74, 6) is 1.32. The van der Waals surface area contributed by atoms with Gasteiger partial charge < -0.3 is 15.4 Å². The third-order valence-corrected chi connectivity index (χ3v) is 3.33. The standard InChI is InChI=1S/C12H22N2O2/c1-12(2,3)16-11(15)14-10-5-8-4-9(10)7-13-6-8/h8-10,13H,4-7H2,1-3H3,(H,14,15)/t8-,9-,10+/m1/s1. The minimum absolute atomic E-state index is 0.273. The molecule has 16 heavy (non-hydrogen) atoms. The first-order valence-electron chi connectivity index (χ1n) is 6.14. The summed E-state index contributed by atoms with van der Waals surface area (Å²) >= 11 is 0. The zero-order valence-electron chi connectivity index (χ0n) is 10.4. The Hall–Kier alpha value is -0.770. The lowest BCUT2D eigenvalue weighted by atomic mass is 10.00. The van der Waals surface area contributed by atoms with Crippen molar-refractivity contribution in [2.45, 2.75) is 45.3 Å². The van der Waals surface area contributed by atoms with Gasteiger partial charge in [-0.3, -0.25) is 0 Å². The minimum Gasteiger partial charge on any atom is -0.444 e. The van der Waals surface area contributed by atoms with Crippen molar-refractivity contribution in [1.29, 1.82) is 0 Å². The molecule has 1 aliphatic heterocycles. The molecular weight excluding hydrogens is 204 g/mol. The first kappa shape index (κ1) is 11.7.